The van der Waals surface area contributed by atoms with Crippen LogP contribution in [-0.2, 0) is 11.3 Å². The summed E-state index contributed by atoms with van der Waals surface area (Å²) in [6.45, 7) is 4.61. The Morgan fingerprint density at radius 3 is 2.87 bits per heavy atom. The van der Waals surface area contributed by atoms with Gasteiger partial charge in [-0.25, -0.2) is 0 Å². The van der Waals surface area contributed by atoms with E-state index in [-0.39, 0.29) is 24.5 Å². The number of nitrogens with one attached hydrogen (secondary N) is 2. The van der Waals surface area contributed by atoms with Crippen LogP contribution in [0.2, 0.25) is 0 Å². The maximum atomic E-state index is 12.1. The highest BCUT2D eigenvalue weighted by atomic mass is 16.3. The predicted octanol–water partition coefficient (Wildman–Crippen LogP) is 1.88. The number of para-hydroxylation sites is 1. The number of hydrogen-bond acceptors (Lipinski definition) is 3. The van der Waals surface area contributed by atoms with Crippen molar-refractivity contribution in [2.75, 3.05) is 19.7 Å². The van der Waals surface area contributed by atoms with Crippen LogP contribution in [0.25, 0.3) is 10.9 Å². The number of likely N-dealkylation sites (tertiary alicyclic amines) is 1. The number of fused-ring (bicyclic) bond motifs is 1. The molecule has 0 spiro atoms. The monoisotopic (exact) mass is 315 g/mol. The average molecular weight is 315 g/mol. The van der Waals surface area contributed by atoms with E-state index in [2.05, 4.69) is 39.6 Å². The highest BCUT2D eigenvalue weighted by Crippen LogP contribution is 2.23. The van der Waals surface area contributed by atoms with Gasteiger partial charge in [-0.05, 0) is 44.5 Å². The number of carbonyl (C=O) groups is 1. The van der Waals surface area contributed by atoms with Crippen LogP contribution in [0.4, 0.5) is 0 Å². The van der Waals surface area contributed by atoms with Gasteiger partial charge in [-0.1, -0.05) is 18.2 Å². The summed E-state index contributed by atoms with van der Waals surface area (Å²) in [4.78, 5) is 17.9. The van der Waals surface area contributed by atoms with E-state index in [9.17, 15) is 4.79 Å². The van der Waals surface area contributed by atoms with Gasteiger partial charge in [0.2, 0.25) is 5.91 Å². The molecule has 124 valence electrons. The number of aromatic amines is 1. The van der Waals surface area contributed by atoms with Crippen molar-refractivity contribution in [2.45, 2.75) is 32.4 Å². The van der Waals surface area contributed by atoms with Gasteiger partial charge in [0.1, 0.15) is 0 Å². The molecular formula is C18H25N3O2. The Bertz CT molecular complexity index is 659. The summed E-state index contributed by atoms with van der Waals surface area (Å²) < 4.78 is 0. The zero-order valence-electron chi connectivity index (χ0n) is 13.6. The second kappa shape index (κ2) is 7.15. The first-order valence-electron chi connectivity index (χ1n) is 8.36. The highest BCUT2D eigenvalue weighted by Gasteiger charge is 2.25. The summed E-state index contributed by atoms with van der Waals surface area (Å²) in [6, 6.07) is 8.19. The standard InChI is InChI=1S/C18H25N3O2/c1-13(12-22)20-18(23)14-6-8-21(9-7-14)11-15-10-19-17-5-3-2-4-16(15)17/h2-5,10,13-14,19,22H,6-9,11-12H2,1H3,(H,20,23)/t13-/m0/s1. The molecule has 2 heterocycles. The van der Waals surface area contributed by atoms with E-state index >= 15 is 0 Å². The Labute approximate surface area is 136 Å². The average Bonchev–Trinajstić information content (AvgIpc) is 2.98. The number of rotatable bonds is 5. The van der Waals surface area contributed by atoms with Gasteiger partial charge in [0.25, 0.3) is 0 Å². The predicted molar refractivity (Wildman–Crippen MR) is 91.0 cm³/mol. The van der Waals surface area contributed by atoms with Crippen molar-refractivity contribution in [1.29, 1.82) is 0 Å². The second-order valence-electron chi connectivity index (χ2n) is 6.50. The summed E-state index contributed by atoms with van der Waals surface area (Å²) in [6.07, 6.45) is 3.85. The Kier molecular flexibility index (Phi) is 4.98. The van der Waals surface area contributed by atoms with Crippen LogP contribution >= 0.6 is 0 Å². The lowest BCUT2D eigenvalue weighted by molar-refractivity contribution is -0.127. The molecule has 23 heavy (non-hydrogen) atoms. The molecule has 1 saturated heterocycles. The summed E-state index contributed by atoms with van der Waals surface area (Å²) in [7, 11) is 0. The molecule has 1 aliphatic rings. The Hall–Kier alpha value is -1.85. The number of carbonyl (C=O) groups excluding carboxylic acids is 1. The fourth-order valence-corrected chi connectivity index (χ4v) is 3.26. The number of piperidine rings is 1. The third-order valence-electron chi connectivity index (χ3n) is 4.69. The minimum atomic E-state index is -0.160. The SMILES string of the molecule is C[C@@H](CO)NC(=O)C1CCN(Cc2c[nH]c3ccccc23)CC1. The van der Waals surface area contributed by atoms with Gasteiger partial charge in [-0.15, -0.1) is 0 Å². The first-order valence-corrected chi connectivity index (χ1v) is 8.36. The molecule has 1 amide bonds. The molecule has 5 nitrogen and oxygen atoms in total. The number of aromatic nitrogens is 1. The molecule has 1 aliphatic heterocycles. The number of amides is 1. The fraction of sp³-hybridized carbons (Fsp3) is 0.500. The number of hydrogen-bond donors (Lipinski definition) is 3. The molecule has 0 aliphatic carbocycles. The van der Waals surface area contributed by atoms with Crippen molar-refractivity contribution in [3.63, 3.8) is 0 Å². The van der Waals surface area contributed by atoms with Gasteiger partial charge in [0.05, 0.1) is 6.61 Å². The molecule has 0 saturated carbocycles. The van der Waals surface area contributed by atoms with Crippen LogP contribution in [-0.4, -0.2) is 46.6 Å². The van der Waals surface area contributed by atoms with Crippen LogP contribution in [0.3, 0.4) is 0 Å². The molecule has 0 bridgehead atoms. The van der Waals surface area contributed by atoms with E-state index in [0.29, 0.717) is 0 Å². The van der Waals surface area contributed by atoms with Crippen molar-refractivity contribution in [1.82, 2.24) is 15.2 Å². The van der Waals surface area contributed by atoms with Crippen LogP contribution in [0.5, 0.6) is 0 Å². The largest absolute Gasteiger partial charge is 0.394 e. The third-order valence-corrected chi connectivity index (χ3v) is 4.69. The van der Waals surface area contributed by atoms with Gasteiger partial charge in [-0.2, -0.15) is 0 Å². The van der Waals surface area contributed by atoms with Crippen molar-refractivity contribution in [3.8, 4) is 0 Å². The maximum Gasteiger partial charge on any atom is 0.223 e. The lowest BCUT2D eigenvalue weighted by atomic mass is 9.95. The van der Waals surface area contributed by atoms with E-state index in [4.69, 9.17) is 5.11 Å². The molecule has 1 aromatic heterocycles. The van der Waals surface area contributed by atoms with Crippen molar-refractivity contribution in [2.24, 2.45) is 5.92 Å². The Morgan fingerprint density at radius 1 is 1.39 bits per heavy atom. The topological polar surface area (TPSA) is 68.4 Å². The van der Waals surface area contributed by atoms with Crippen molar-refractivity contribution >= 4 is 16.8 Å². The van der Waals surface area contributed by atoms with Crippen LogP contribution in [0.1, 0.15) is 25.3 Å². The van der Waals surface area contributed by atoms with Gasteiger partial charge in [0, 0.05) is 35.6 Å². The maximum absolute atomic E-state index is 12.1. The molecule has 2 aromatic rings. The Balaban J connectivity index is 1.54. The lowest BCUT2D eigenvalue weighted by Crippen LogP contribution is -2.43. The number of aliphatic hydroxyl groups is 1. The van der Waals surface area contributed by atoms with Crippen LogP contribution in [0, 0.1) is 5.92 Å². The first-order chi connectivity index (χ1) is 11.2. The van der Waals surface area contributed by atoms with Gasteiger partial charge < -0.3 is 15.4 Å². The minimum absolute atomic E-state index is 0.00878. The zero-order chi connectivity index (χ0) is 16.2. The number of nitrogens with zero attached hydrogens (tertiary/aromatic N) is 1. The van der Waals surface area contributed by atoms with Crippen LogP contribution < -0.4 is 5.32 Å². The molecule has 0 radical (unpaired) electrons. The molecule has 1 aromatic carbocycles. The second-order valence-corrected chi connectivity index (χ2v) is 6.50. The quantitative estimate of drug-likeness (QED) is 0.789. The van der Waals surface area contributed by atoms with E-state index in [0.717, 1.165) is 32.5 Å². The fourth-order valence-electron chi connectivity index (χ4n) is 3.26. The lowest BCUT2D eigenvalue weighted by Gasteiger charge is -2.31. The smallest absolute Gasteiger partial charge is 0.223 e. The molecule has 5 heteroatoms. The normalized spacial score (nSPS) is 18.2. The zero-order valence-corrected chi connectivity index (χ0v) is 13.6. The summed E-state index contributed by atoms with van der Waals surface area (Å²) in [5.41, 5.74) is 2.49. The van der Waals surface area contributed by atoms with Crippen molar-refractivity contribution in [3.05, 3.63) is 36.0 Å². The van der Waals surface area contributed by atoms with Crippen molar-refractivity contribution < 1.29 is 9.90 Å². The molecule has 1 fully saturated rings. The molecular weight excluding hydrogens is 290 g/mol. The van der Waals surface area contributed by atoms with E-state index in [1.165, 1.54) is 16.5 Å². The minimum Gasteiger partial charge on any atom is -0.394 e. The summed E-state index contributed by atoms with van der Waals surface area (Å²) >= 11 is 0. The number of aliphatic hydroxyl groups excluding tert-OH is 1. The van der Waals surface area contributed by atoms with E-state index < -0.39 is 0 Å². The first kappa shape index (κ1) is 16.0. The van der Waals surface area contributed by atoms with E-state index in [1.54, 1.807) is 0 Å². The molecule has 0 unspecified atom stereocenters. The van der Waals surface area contributed by atoms with Gasteiger partial charge in [0.15, 0.2) is 0 Å². The molecule has 3 N–H and O–H groups in total. The summed E-state index contributed by atoms with van der Waals surface area (Å²) in [5, 5.41) is 13.2. The number of benzene rings is 1. The Morgan fingerprint density at radius 2 is 2.13 bits per heavy atom. The van der Waals surface area contributed by atoms with Gasteiger partial charge in [-0.3, -0.25) is 9.69 Å². The third kappa shape index (κ3) is 3.74. The van der Waals surface area contributed by atoms with Gasteiger partial charge >= 0.3 is 0 Å². The van der Waals surface area contributed by atoms with Crippen LogP contribution in [0.15, 0.2) is 30.5 Å². The number of H-pyrrole nitrogens is 1. The highest BCUT2D eigenvalue weighted by molar-refractivity contribution is 5.83. The molecule has 1 atom stereocenters. The van der Waals surface area contributed by atoms with E-state index in [1.807, 2.05) is 13.0 Å². The molecule has 3 rings (SSSR count). The summed E-state index contributed by atoms with van der Waals surface area (Å²) in [5.74, 6) is 0.154.